The Kier molecular flexibility index (Phi) is 8.76. The van der Waals surface area contributed by atoms with Gasteiger partial charge in [0.15, 0.2) is 0 Å². The molecule has 0 fully saturated rings. The molecule has 1 heterocycles. The molecule has 2 heteroatoms. The van der Waals surface area contributed by atoms with Crippen LogP contribution in [-0.2, 0) is 5.41 Å². The summed E-state index contributed by atoms with van der Waals surface area (Å²) in [5.74, 6) is 0. The lowest BCUT2D eigenvalue weighted by molar-refractivity contribution is 0.768. The number of rotatable bonds is 8. The quantitative estimate of drug-likeness (QED) is 0.149. The lowest BCUT2D eigenvalue weighted by Gasteiger charge is -2.35. The summed E-state index contributed by atoms with van der Waals surface area (Å²) in [6.07, 6.45) is 0. The Balaban J connectivity index is 1.10. The normalized spacial score (nSPS) is 12.6. The molecule has 0 saturated carbocycles. The molecule has 0 amide bonds. The van der Waals surface area contributed by atoms with Crippen LogP contribution in [0, 0.1) is 0 Å². The fourth-order valence-electron chi connectivity index (χ4n) is 10.3. The Morgan fingerprint density at radius 1 is 0.302 bits per heavy atom. The van der Waals surface area contributed by atoms with Gasteiger partial charge in [0.2, 0.25) is 0 Å². The Hall–Kier alpha value is -8.20. The van der Waals surface area contributed by atoms with Crippen molar-refractivity contribution < 1.29 is 0 Å². The van der Waals surface area contributed by atoms with Gasteiger partial charge in [0.1, 0.15) is 0 Å². The van der Waals surface area contributed by atoms with Gasteiger partial charge in [0.05, 0.1) is 16.4 Å². The fraction of sp³-hybridized carbons (Fsp3) is 0.0164. The first-order valence-electron chi connectivity index (χ1n) is 21.8. The molecule has 12 rings (SSSR count). The zero-order chi connectivity index (χ0) is 41.7. The minimum absolute atomic E-state index is 0.516. The van der Waals surface area contributed by atoms with Gasteiger partial charge in [-0.15, -0.1) is 0 Å². The first kappa shape index (κ1) is 36.6. The molecule has 11 aromatic rings. The summed E-state index contributed by atoms with van der Waals surface area (Å²) in [6, 6.07) is 93.4. The number of anilines is 3. The molecule has 63 heavy (non-hydrogen) atoms. The van der Waals surface area contributed by atoms with Crippen molar-refractivity contribution in [1.29, 1.82) is 0 Å². The Morgan fingerprint density at radius 2 is 0.857 bits per heavy atom. The number of hydrogen-bond donors (Lipinski definition) is 0. The summed E-state index contributed by atoms with van der Waals surface area (Å²) >= 11 is 0. The van der Waals surface area contributed by atoms with Crippen molar-refractivity contribution in [2.45, 2.75) is 5.41 Å². The summed E-state index contributed by atoms with van der Waals surface area (Å²) < 4.78 is 2.38. The average molecular weight is 803 g/mol. The van der Waals surface area contributed by atoms with Gasteiger partial charge in [0.25, 0.3) is 0 Å². The topological polar surface area (TPSA) is 8.17 Å². The molecule has 1 aliphatic rings. The van der Waals surface area contributed by atoms with Crippen LogP contribution in [0.25, 0.3) is 60.9 Å². The molecular weight excluding hydrogens is 761 g/mol. The van der Waals surface area contributed by atoms with E-state index in [2.05, 4.69) is 264 Å². The molecule has 0 aliphatic heterocycles. The third kappa shape index (κ3) is 5.95. The van der Waals surface area contributed by atoms with Gasteiger partial charge < -0.3 is 9.47 Å². The van der Waals surface area contributed by atoms with Crippen LogP contribution in [0.1, 0.15) is 22.3 Å². The van der Waals surface area contributed by atoms with E-state index in [4.69, 9.17) is 0 Å². The van der Waals surface area contributed by atoms with Gasteiger partial charge in [-0.25, -0.2) is 0 Å². The Labute approximate surface area is 368 Å². The predicted molar refractivity (Wildman–Crippen MR) is 264 cm³/mol. The number of fused-ring (bicyclic) bond motifs is 6. The van der Waals surface area contributed by atoms with Crippen molar-refractivity contribution in [3.8, 4) is 39.1 Å². The molecule has 1 aromatic heterocycles. The van der Waals surface area contributed by atoms with Crippen LogP contribution < -0.4 is 4.90 Å². The van der Waals surface area contributed by atoms with Crippen molar-refractivity contribution in [1.82, 2.24) is 4.57 Å². The van der Waals surface area contributed by atoms with Crippen molar-refractivity contribution in [3.05, 3.63) is 277 Å². The van der Waals surface area contributed by atoms with E-state index >= 15 is 0 Å². The average Bonchev–Trinajstić information content (AvgIpc) is 3.85. The highest BCUT2D eigenvalue weighted by atomic mass is 15.1. The largest absolute Gasteiger partial charge is 0.310 e. The van der Waals surface area contributed by atoms with Crippen LogP contribution in [0.5, 0.6) is 0 Å². The molecule has 10 aromatic carbocycles. The van der Waals surface area contributed by atoms with Gasteiger partial charge >= 0.3 is 0 Å². The molecule has 0 N–H and O–H groups in total. The number of nitrogens with zero attached hydrogens (tertiary/aromatic N) is 2. The molecule has 0 spiro atoms. The van der Waals surface area contributed by atoms with Gasteiger partial charge in [-0.2, -0.15) is 0 Å². The summed E-state index contributed by atoms with van der Waals surface area (Å²) in [6.45, 7) is 0. The highest BCUT2D eigenvalue weighted by Gasteiger charge is 2.46. The van der Waals surface area contributed by atoms with Crippen LogP contribution in [0.3, 0.4) is 0 Å². The molecule has 0 bridgehead atoms. The first-order chi connectivity index (χ1) is 31.3. The van der Waals surface area contributed by atoms with E-state index in [1.165, 1.54) is 66.3 Å². The zero-order valence-corrected chi connectivity index (χ0v) is 34.6. The van der Waals surface area contributed by atoms with Crippen LogP contribution >= 0.6 is 0 Å². The van der Waals surface area contributed by atoms with Crippen molar-refractivity contribution in [2.75, 3.05) is 4.90 Å². The number of hydrogen-bond acceptors (Lipinski definition) is 1. The van der Waals surface area contributed by atoms with Crippen LogP contribution in [-0.4, -0.2) is 4.57 Å². The standard InChI is InChI=1S/C61H42N2/c1-6-20-43(21-7-1)45-38-46(44-34-37-60-56(41-44)55-31-17-19-33-59(55)63(60)50-28-14-5-15-29-50)40-52(39-45)62(49-26-12-4-13-27-49)51-35-36-54-53-30-16-18-32-57(53)61(58(54)42-51,47-22-8-2-9-23-47)48-24-10-3-11-25-48/h1-42H. The van der Waals surface area contributed by atoms with Gasteiger partial charge in [-0.05, 0) is 128 Å². The molecule has 0 saturated heterocycles. The molecule has 0 unspecified atom stereocenters. The minimum Gasteiger partial charge on any atom is -0.310 e. The smallest absolute Gasteiger partial charge is 0.0714 e. The van der Waals surface area contributed by atoms with Crippen LogP contribution in [0.2, 0.25) is 0 Å². The maximum absolute atomic E-state index is 2.46. The molecule has 0 radical (unpaired) electrons. The van der Waals surface area contributed by atoms with Gasteiger partial charge in [0, 0.05) is 33.5 Å². The van der Waals surface area contributed by atoms with E-state index in [0.717, 1.165) is 33.9 Å². The van der Waals surface area contributed by atoms with Crippen molar-refractivity contribution in [2.24, 2.45) is 0 Å². The molecule has 1 aliphatic carbocycles. The maximum atomic E-state index is 2.46. The van der Waals surface area contributed by atoms with E-state index in [1.54, 1.807) is 0 Å². The van der Waals surface area contributed by atoms with E-state index in [1.807, 2.05) is 0 Å². The summed E-state index contributed by atoms with van der Waals surface area (Å²) in [4.78, 5) is 2.44. The van der Waals surface area contributed by atoms with E-state index in [-0.39, 0.29) is 0 Å². The summed E-state index contributed by atoms with van der Waals surface area (Å²) in [5, 5.41) is 2.47. The minimum atomic E-state index is -0.516. The summed E-state index contributed by atoms with van der Waals surface area (Å²) in [5.41, 5.74) is 18.6. The lowest BCUT2D eigenvalue weighted by atomic mass is 9.67. The fourth-order valence-corrected chi connectivity index (χ4v) is 10.3. The Bertz CT molecular complexity index is 3390. The van der Waals surface area contributed by atoms with E-state index < -0.39 is 5.41 Å². The van der Waals surface area contributed by atoms with Crippen molar-refractivity contribution in [3.63, 3.8) is 0 Å². The second-order valence-electron chi connectivity index (χ2n) is 16.5. The van der Waals surface area contributed by atoms with E-state index in [0.29, 0.717) is 0 Å². The van der Waals surface area contributed by atoms with Gasteiger partial charge in [-0.1, -0.05) is 182 Å². The predicted octanol–water partition coefficient (Wildman–Crippen LogP) is 16.0. The summed E-state index contributed by atoms with van der Waals surface area (Å²) in [7, 11) is 0. The molecule has 296 valence electrons. The second kappa shape index (κ2) is 15.1. The molecular formula is C61H42N2. The zero-order valence-electron chi connectivity index (χ0n) is 34.6. The number of aromatic nitrogens is 1. The first-order valence-corrected chi connectivity index (χ1v) is 21.8. The van der Waals surface area contributed by atoms with E-state index in [9.17, 15) is 0 Å². The van der Waals surface area contributed by atoms with Crippen LogP contribution in [0.15, 0.2) is 255 Å². The maximum Gasteiger partial charge on any atom is 0.0714 e. The third-order valence-electron chi connectivity index (χ3n) is 13.0. The van der Waals surface area contributed by atoms with Crippen molar-refractivity contribution >= 4 is 38.9 Å². The lowest BCUT2D eigenvalue weighted by Crippen LogP contribution is -2.28. The Morgan fingerprint density at radius 3 is 1.57 bits per heavy atom. The highest BCUT2D eigenvalue weighted by Crippen LogP contribution is 2.57. The van der Waals surface area contributed by atoms with Crippen LogP contribution in [0.4, 0.5) is 17.1 Å². The van der Waals surface area contributed by atoms with Gasteiger partial charge in [-0.3, -0.25) is 0 Å². The monoisotopic (exact) mass is 802 g/mol. The third-order valence-corrected chi connectivity index (χ3v) is 13.0. The SMILES string of the molecule is c1ccc(-c2cc(-c3ccc4c(c3)c3ccccc3n4-c3ccccc3)cc(N(c3ccccc3)c3ccc4c(c3)C(c3ccccc3)(c3ccccc3)c3ccccc3-4)c2)cc1. The molecule has 2 nitrogen and oxygen atoms in total. The molecule has 0 atom stereocenters. The second-order valence-corrected chi connectivity index (χ2v) is 16.5. The highest BCUT2D eigenvalue weighted by molar-refractivity contribution is 6.10. The number of benzene rings is 10. The number of para-hydroxylation sites is 3.